The van der Waals surface area contributed by atoms with E-state index in [4.69, 9.17) is 9.15 Å². The molecule has 0 aromatic carbocycles. The monoisotopic (exact) mass is 243 g/mol. The molecule has 5 heteroatoms. The SMILES string of the molecule is CCOC(=O)CSCc1ccc(CNC)o1. The highest BCUT2D eigenvalue weighted by Gasteiger charge is 2.05. The van der Waals surface area contributed by atoms with Crippen molar-refractivity contribution in [3.05, 3.63) is 23.7 Å². The molecular formula is C11H17NO3S. The fourth-order valence-corrected chi connectivity index (χ4v) is 1.92. The number of nitrogens with one attached hydrogen (secondary N) is 1. The fraction of sp³-hybridized carbons (Fsp3) is 0.545. The molecule has 0 bridgehead atoms. The third-order valence-electron chi connectivity index (χ3n) is 1.84. The van der Waals surface area contributed by atoms with Crippen LogP contribution in [0.2, 0.25) is 0 Å². The average molecular weight is 243 g/mol. The van der Waals surface area contributed by atoms with E-state index < -0.39 is 0 Å². The molecule has 0 saturated heterocycles. The van der Waals surface area contributed by atoms with Crippen LogP contribution in [0.25, 0.3) is 0 Å². The molecule has 90 valence electrons. The molecule has 4 nitrogen and oxygen atoms in total. The Balaban J connectivity index is 2.23. The maximum atomic E-state index is 11.1. The first-order chi connectivity index (χ1) is 7.76. The molecule has 0 amide bonds. The Morgan fingerprint density at radius 2 is 2.25 bits per heavy atom. The summed E-state index contributed by atoms with van der Waals surface area (Å²) >= 11 is 1.50. The molecule has 1 aromatic rings. The van der Waals surface area contributed by atoms with Crippen LogP contribution in [0.15, 0.2) is 16.5 Å². The molecule has 0 unspecified atom stereocenters. The number of carbonyl (C=O) groups is 1. The molecule has 0 aliphatic heterocycles. The van der Waals surface area contributed by atoms with Crippen LogP contribution in [0.1, 0.15) is 18.4 Å². The normalized spacial score (nSPS) is 10.4. The van der Waals surface area contributed by atoms with Gasteiger partial charge < -0.3 is 14.5 Å². The number of hydrogen-bond donors (Lipinski definition) is 1. The predicted octanol–water partition coefficient (Wildman–Crippen LogP) is 1.80. The molecule has 1 rings (SSSR count). The van der Waals surface area contributed by atoms with Gasteiger partial charge in [-0.1, -0.05) is 0 Å². The van der Waals surface area contributed by atoms with Crippen molar-refractivity contribution in [3.8, 4) is 0 Å². The summed E-state index contributed by atoms with van der Waals surface area (Å²) in [6.07, 6.45) is 0. The Labute approximate surface area is 99.7 Å². The molecule has 16 heavy (non-hydrogen) atoms. The number of hydrogen-bond acceptors (Lipinski definition) is 5. The molecule has 0 fully saturated rings. The first kappa shape index (κ1) is 13.1. The lowest BCUT2D eigenvalue weighted by Crippen LogP contribution is -2.06. The van der Waals surface area contributed by atoms with Gasteiger partial charge in [0.2, 0.25) is 0 Å². The molecular weight excluding hydrogens is 226 g/mol. The second-order valence-electron chi connectivity index (χ2n) is 3.20. The Hall–Kier alpha value is -0.940. The van der Waals surface area contributed by atoms with E-state index in [2.05, 4.69) is 5.32 Å². The zero-order valence-corrected chi connectivity index (χ0v) is 10.4. The minimum atomic E-state index is -0.172. The summed E-state index contributed by atoms with van der Waals surface area (Å²) in [4.78, 5) is 11.1. The average Bonchev–Trinajstić information content (AvgIpc) is 2.67. The van der Waals surface area contributed by atoms with Crippen LogP contribution in [0.3, 0.4) is 0 Å². The molecule has 0 aliphatic rings. The van der Waals surface area contributed by atoms with E-state index in [1.807, 2.05) is 19.2 Å². The van der Waals surface area contributed by atoms with Crippen molar-refractivity contribution in [3.63, 3.8) is 0 Å². The van der Waals surface area contributed by atoms with Crippen molar-refractivity contribution in [1.29, 1.82) is 0 Å². The highest BCUT2D eigenvalue weighted by molar-refractivity contribution is 7.99. The van der Waals surface area contributed by atoms with Gasteiger partial charge >= 0.3 is 5.97 Å². The smallest absolute Gasteiger partial charge is 0.315 e. The topological polar surface area (TPSA) is 51.5 Å². The van der Waals surface area contributed by atoms with Gasteiger partial charge in [-0.15, -0.1) is 11.8 Å². The van der Waals surface area contributed by atoms with Crippen LogP contribution in [-0.2, 0) is 21.8 Å². The van der Waals surface area contributed by atoms with Crippen molar-refractivity contribution >= 4 is 17.7 Å². The summed E-state index contributed by atoms with van der Waals surface area (Å²) in [5, 5.41) is 3.01. The second-order valence-corrected chi connectivity index (χ2v) is 4.18. The zero-order chi connectivity index (χ0) is 11.8. The number of rotatable bonds is 7. The maximum Gasteiger partial charge on any atom is 0.315 e. The van der Waals surface area contributed by atoms with E-state index in [9.17, 15) is 4.79 Å². The van der Waals surface area contributed by atoms with Crippen LogP contribution in [0.4, 0.5) is 0 Å². The molecule has 0 spiro atoms. The quantitative estimate of drug-likeness (QED) is 0.740. The van der Waals surface area contributed by atoms with E-state index in [0.29, 0.717) is 18.1 Å². The van der Waals surface area contributed by atoms with Gasteiger partial charge in [-0.2, -0.15) is 0 Å². The van der Waals surface area contributed by atoms with Gasteiger partial charge in [0, 0.05) is 0 Å². The zero-order valence-electron chi connectivity index (χ0n) is 9.62. The maximum absolute atomic E-state index is 11.1. The largest absolute Gasteiger partial charge is 0.465 e. The van der Waals surface area contributed by atoms with Gasteiger partial charge in [0.15, 0.2) is 0 Å². The summed E-state index contributed by atoms with van der Waals surface area (Å²) in [5.41, 5.74) is 0. The Morgan fingerprint density at radius 3 is 2.94 bits per heavy atom. The van der Waals surface area contributed by atoms with Crippen LogP contribution in [-0.4, -0.2) is 25.4 Å². The summed E-state index contributed by atoms with van der Waals surface area (Å²) in [6, 6.07) is 3.88. The van der Waals surface area contributed by atoms with Crippen molar-refractivity contribution in [2.45, 2.75) is 19.2 Å². The third kappa shape index (κ3) is 4.72. The van der Waals surface area contributed by atoms with E-state index >= 15 is 0 Å². The van der Waals surface area contributed by atoms with Crippen molar-refractivity contribution < 1.29 is 13.9 Å². The summed E-state index contributed by atoms with van der Waals surface area (Å²) in [6.45, 7) is 2.97. The van der Waals surface area contributed by atoms with Gasteiger partial charge in [0.25, 0.3) is 0 Å². The van der Waals surface area contributed by atoms with Gasteiger partial charge in [-0.3, -0.25) is 4.79 Å². The summed E-state index contributed by atoms with van der Waals surface area (Å²) in [5.74, 6) is 2.70. The van der Waals surface area contributed by atoms with Crippen molar-refractivity contribution in [2.24, 2.45) is 0 Å². The lowest BCUT2D eigenvalue weighted by molar-refractivity contribution is -0.139. The number of esters is 1. The molecule has 1 heterocycles. The van der Waals surface area contributed by atoms with Gasteiger partial charge in [0.1, 0.15) is 11.5 Å². The molecule has 0 atom stereocenters. The Kier molecular flexibility index (Phi) is 6.03. The van der Waals surface area contributed by atoms with E-state index in [1.54, 1.807) is 6.92 Å². The minimum absolute atomic E-state index is 0.172. The number of ether oxygens (including phenoxy) is 1. The number of thioether (sulfide) groups is 1. The lowest BCUT2D eigenvalue weighted by Gasteiger charge is -2.00. The second kappa shape index (κ2) is 7.35. The predicted molar refractivity (Wildman–Crippen MR) is 64.3 cm³/mol. The van der Waals surface area contributed by atoms with Crippen LogP contribution < -0.4 is 5.32 Å². The molecule has 0 radical (unpaired) electrons. The van der Waals surface area contributed by atoms with Crippen LogP contribution in [0.5, 0.6) is 0 Å². The number of furan rings is 1. The molecule has 1 aromatic heterocycles. The highest BCUT2D eigenvalue weighted by atomic mass is 32.2. The van der Waals surface area contributed by atoms with Crippen LogP contribution in [0, 0.1) is 0 Å². The van der Waals surface area contributed by atoms with Gasteiger partial charge in [0.05, 0.1) is 24.7 Å². The molecule has 0 saturated carbocycles. The number of carbonyl (C=O) groups excluding carboxylic acids is 1. The first-order valence-corrected chi connectivity index (χ1v) is 6.37. The van der Waals surface area contributed by atoms with Gasteiger partial charge in [-0.05, 0) is 26.1 Å². The standard InChI is InChI=1S/C11H17NO3S/c1-3-14-11(13)8-16-7-10-5-4-9(15-10)6-12-2/h4-5,12H,3,6-8H2,1-2H3. The molecule has 1 N–H and O–H groups in total. The fourth-order valence-electron chi connectivity index (χ4n) is 1.21. The van der Waals surface area contributed by atoms with E-state index in [0.717, 1.165) is 18.1 Å². The van der Waals surface area contributed by atoms with Gasteiger partial charge in [-0.25, -0.2) is 0 Å². The third-order valence-corrected chi connectivity index (χ3v) is 2.77. The minimum Gasteiger partial charge on any atom is -0.465 e. The van der Waals surface area contributed by atoms with Crippen LogP contribution >= 0.6 is 11.8 Å². The van der Waals surface area contributed by atoms with Crippen molar-refractivity contribution in [1.82, 2.24) is 5.32 Å². The van der Waals surface area contributed by atoms with Crippen molar-refractivity contribution in [2.75, 3.05) is 19.4 Å². The van der Waals surface area contributed by atoms with E-state index in [-0.39, 0.29) is 5.97 Å². The molecule has 0 aliphatic carbocycles. The highest BCUT2D eigenvalue weighted by Crippen LogP contribution is 2.15. The van der Waals surface area contributed by atoms with E-state index in [1.165, 1.54) is 11.8 Å². The summed E-state index contributed by atoms with van der Waals surface area (Å²) in [7, 11) is 1.87. The first-order valence-electron chi connectivity index (χ1n) is 5.21. The lowest BCUT2D eigenvalue weighted by atomic mass is 10.4. The Bertz CT molecular complexity index is 325. The Morgan fingerprint density at radius 1 is 1.50 bits per heavy atom. The summed E-state index contributed by atoms with van der Waals surface area (Å²) < 4.78 is 10.4.